The maximum Gasteiger partial charge on any atom is 0.173 e. The highest BCUT2D eigenvalue weighted by molar-refractivity contribution is 5.69. The standard InChI is InChI=1S/C16H23NO2/c1-2-3-4-5-6-10-15-13-12-14-9-7-8-11-16(14)17(15,18)19/h7-9,11-13,15,18H,2-6,10H2,1H3. The largest absolute Gasteiger partial charge is 0.593 e. The van der Waals surface area contributed by atoms with Crippen LogP contribution in [0.3, 0.4) is 0 Å². The van der Waals surface area contributed by atoms with Gasteiger partial charge >= 0.3 is 0 Å². The van der Waals surface area contributed by atoms with Gasteiger partial charge in [0.25, 0.3) is 0 Å². The Kier molecular flexibility index (Phi) is 4.75. The zero-order valence-electron chi connectivity index (χ0n) is 11.6. The van der Waals surface area contributed by atoms with Crippen molar-refractivity contribution in [1.82, 2.24) is 4.81 Å². The second-order valence-electron chi connectivity index (χ2n) is 5.31. The molecule has 0 amide bonds. The van der Waals surface area contributed by atoms with Gasteiger partial charge in [-0.05, 0) is 24.6 Å². The molecule has 1 aromatic carbocycles. The van der Waals surface area contributed by atoms with E-state index in [0.717, 1.165) is 24.8 Å². The number of nitrogens with zero attached hydrogens (tertiary/aromatic N) is 1. The first-order valence-corrected chi connectivity index (χ1v) is 7.26. The van der Waals surface area contributed by atoms with Gasteiger partial charge in [0.15, 0.2) is 5.69 Å². The molecule has 0 aliphatic carbocycles. The molecule has 1 aliphatic heterocycles. The van der Waals surface area contributed by atoms with Crippen molar-refractivity contribution in [2.45, 2.75) is 51.5 Å². The van der Waals surface area contributed by atoms with Crippen LogP contribution in [-0.4, -0.2) is 11.2 Å². The molecule has 0 aromatic heterocycles. The summed E-state index contributed by atoms with van der Waals surface area (Å²) in [6.07, 6.45) is 10.4. The Balaban J connectivity index is 1.97. The fourth-order valence-electron chi connectivity index (χ4n) is 2.66. The normalized spacial score (nSPS) is 25.3. The van der Waals surface area contributed by atoms with Crippen LogP contribution in [0.1, 0.15) is 51.0 Å². The van der Waals surface area contributed by atoms with E-state index < -0.39 is 4.81 Å². The van der Waals surface area contributed by atoms with E-state index in [4.69, 9.17) is 0 Å². The molecule has 2 rings (SSSR count). The maximum absolute atomic E-state index is 12.4. The van der Waals surface area contributed by atoms with Gasteiger partial charge in [0.1, 0.15) is 6.04 Å². The van der Waals surface area contributed by atoms with Gasteiger partial charge < -0.3 is 5.21 Å². The molecule has 19 heavy (non-hydrogen) atoms. The van der Waals surface area contributed by atoms with Gasteiger partial charge in [0.2, 0.25) is 0 Å². The van der Waals surface area contributed by atoms with E-state index >= 15 is 0 Å². The van der Waals surface area contributed by atoms with Crippen LogP contribution >= 0.6 is 0 Å². The van der Waals surface area contributed by atoms with Crippen molar-refractivity contribution in [2.24, 2.45) is 0 Å². The van der Waals surface area contributed by atoms with Crippen LogP contribution in [0.4, 0.5) is 5.69 Å². The lowest BCUT2D eigenvalue weighted by molar-refractivity contribution is -0.0581. The minimum atomic E-state index is -1.25. The summed E-state index contributed by atoms with van der Waals surface area (Å²) in [6, 6.07) is 6.91. The molecule has 3 heteroatoms. The molecule has 104 valence electrons. The highest BCUT2D eigenvalue weighted by atomic mass is 16.8. The van der Waals surface area contributed by atoms with Crippen LogP contribution in [0.2, 0.25) is 0 Å². The second-order valence-corrected chi connectivity index (χ2v) is 5.31. The predicted molar refractivity (Wildman–Crippen MR) is 79.6 cm³/mol. The van der Waals surface area contributed by atoms with Crippen LogP contribution in [0, 0.1) is 5.21 Å². The van der Waals surface area contributed by atoms with E-state index in [-0.39, 0.29) is 6.04 Å². The molecule has 0 saturated heterocycles. The lowest BCUT2D eigenvalue weighted by atomic mass is 9.99. The highest BCUT2D eigenvalue weighted by Crippen LogP contribution is 2.34. The highest BCUT2D eigenvalue weighted by Gasteiger charge is 2.32. The molecular formula is C16H23NO2. The third-order valence-electron chi connectivity index (χ3n) is 3.83. The number of hydrogen-bond donors (Lipinski definition) is 1. The van der Waals surface area contributed by atoms with Crippen LogP contribution in [0.15, 0.2) is 30.3 Å². The summed E-state index contributed by atoms with van der Waals surface area (Å²) in [7, 11) is 0. The third kappa shape index (κ3) is 3.24. The van der Waals surface area contributed by atoms with E-state index in [1.165, 1.54) is 19.3 Å². The van der Waals surface area contributed by atoms with Crippen LogP contribution in [0.5, 0.6) is 0 Å². The van der Waals surface area contributed by atoms with Gasteiger partial charge in [-0.2, -0.15) is 4.81 Å². The average Bonchev–Trinajstić information content (AvgIpc) is 2.41. The average molecular weight is 261 g/mol. The molecule has 0 saturated carbocycles. The maximum atomic E-state index is 12.4. The van der Waals surface area contributed by atoms with E-state index in [2.05, 4.69) is 6.92 Å². The predicted octanol–water partition coefficient (Wildman–Crippen LogP) is 4.64. The number of benzene rings is 1. The zero-order chi connectivity index (χ0) is 13.7. The fourth-order valence-corrected chi connectivity index (χ4v) is 2.66. The van der Waals surface area contributed by atoms with E-state index in [1.54, 1.807) is 12.1 Å². The first-order valence-electron chi connectivity index (χ1n) is 7.26. The molecule has 1 aromatic rings. The summed E-state index contributed by atoms with van der Waals surface area (Å²) in [4.78, 5) is -1.25. The Morgan fingerprint density at radius 1 is 1.16 bits per heavy atom. The topological polar surface area (TPSA) is 43.3 Å². The van der Waals surface area contributed by atoms with E-state index in [0.29, 0.717) is 5.69 Å². The molecule has 1 heterocycles. The van der Waals surface area contributed by atoms with Gasteiger partial charge in [-0.15, -0.1) is 0 Å². The minimum Gasteiger partial charge on any atom is -0.593 e. The molecule has 0 fully saturated rings. The molecule has 1 N–H and O–H groups in total. The van der Waals surface area contributed by atoms with Crippen molar-refractivity contribution < 1.29 is 5.21 Å². The van der Waals surface area contributed by atoms with Crippen molar-refractivity contribution >= 4 is 11.8 Å². The summed E-state index contributed by atoms with van der Waals surface area (Å²) in [5, 5.41) is 22.7. The van der Waals surface area contributed by atoms with Gasteiger partial charge in [0.05, 0.1) is 0 Å². The Bertz CT molecular complexity index is 440. The van der Waals surface area contributed by atoms with Crippen molar-refractivity contribution in [3.8, 4) is 0 Å². The van der Waals surface area contributed by atoms with E-state index in [9.17, 15) is 10.4 Å². The summed E-state index contributed by atoms with van der Waals surface area (Å²) < 4.78 is 0. The summed E-state index contributed by atoms with van der Waals surface area (Å²) in [5.74, 6) is 0. The van der Waals surface area contributed by atoms with Crippen molar-refractivity contribution in [1.29, 1.82) is 0 Å². The molecule has 0 spiro atoms. The van der Waals surface area contributed by atoms with Gasteiger partial charge in [-0.3, -0.25) is 0 Å². The van der Waals surface area contributed by atoms with Crippen molar-refractivity contribution in [2.75, 3.05) is 0 Å². The van der Waals surface area contributed by atoms with Gasteiger partial charge in [-0.1, -0.05) is 44.7 Å². The first kappa shape index (κ1) is 14.3. The number of para-hydroxylation sites is 1. The van der Waals surface area contributed by atoms with Crippen molar-refractivity contribution in [3.63, 3.8) is 0 Å². The molecule has 2 atom stereocenters. The number of fused-ring (bicyclic) bond motifs is 1. The van der Waals surface area contributed by atoms with Gasteiger partial charge in [0, 0.05) is 18.1 Å². The van der Waals surface area contributed by atoms with Crippen LogP contribution in [0.25, 0.3) is 6.08 Å². The number of rotatable bonds is 6. The Morgan fingerprint density at radius 2 is 1.89 bits per heavy atom. The Morgan fingerprint density at radius 3 is 2.68 bits per heavy atom. The smallest absolute Gasteiger partial charge is 0.173 e. The van der Waals surface area contributed by atoms with Crippen molar-refractivity contribution in [3.05, 3.63) is 41.1 Å². The molecular weight excluding hydrogens is 238 g/mol. The Hall–Kier alpha value is -1.16. The SMILES string of the molecule is CCCCCCCC1C=Cc2ccccc2[N+]1([O-])O. The zero-order valence-corrected chi connectivity index (χ0v) is 11.6. The molecule has 1 aliphatic rings. The third-order valence-corrected chi connectivity index (χ3v) is 3.83. The molecule has 3 nitrogen and oxygen atoms in total. The summed E-state index contributed by atoms with van der Waals surface area (Å²) in [5.41, 5.74) is 1.28. The van der Waals surface area contributed by atoms with Gasteiger partial charge in [-0.25, -0.2) is 5.21 Å². The molecule has 2 unspecified atom stereocenters. The van der Waals surface area contributed by atoms with Crippen LogP contribution < -0.4 is 4.81 Å². The lowest BCUT2D eigenvalue weighted by Crippen LogP contribution is -2.49. The fraction of sp³-hybridized carbons (Fsp3) is 0.500. The summed E-state index contributed by atoms with van der Waals surface area (Å²) in [6.45, 7) is 2.19. The number of quaternary nitrogens is 1. The number of hydroxylamine groups is 2. The number of unbranched alkanes of at least 4 members (excludes halogenated alkanes) is 4. The lowest BCUT2D eigenvalue weighted by Gasteiger charge is -2.41. The summed E-state index contributed by atoms with van der Waals surface area (Å²) >= 11 is 0. The quantitative estimate of drug-likeness (QED) is 0.460. The second kappa shape index (κ2) is 6.33. The minimum absolute atomic E-state index is 0.364. The monoisotopic (exact) mass is 261 g/mol. The van der Waals surface area contributed by atoms with E-state index in [1.807, 2.05) is 24.3 Å². The number of hydrogen-bond acceptors (Lipinski definition) is 2. The molecule has 0 radical (unpaired) electrons. The molecule has 0 bridgehead atoms. The van der Waals surface area contributed by atoms with Crippen LogP contribution in [-0.2, 0) is 0 Å². The Labute approximate surface area is 115 Å². The first-order chi connectivity index (χ1) is 9.16.